The van der Waals surface area contributed by atoms with E-state index in [0.29, 0.717) is 24.5 Å². The average molecular weight is 438 g/mol. The van der Waals surface area contributed by atoms with Gasteiger partial charge < -0.3 is 15.4 Å². The third-order valence-electron chi connectivity index (χ3n) is 5.87. The zero-order chi connectivity index (χ0) is 21.6. The minimum atomic E-state index is -3.36. The predicted octanol–water partition coefficient (Wildman–Crippen LogP) is 1.25. The number of sulfonamides is 1. The molecule has 2 heterocycles. The molecular weight excluding hydrogens is 402 g/mol. The van der Waals surface area contributed by atoms with E-state index in [4.69, 9.17) is 4.74 Å². The Morgan fingerprint density at radius 1 is 1.07 bits per heavy atom. The van der Waals surface area contributed by atoms with Gasteiger partial charge >= 0.3 is 0 Å². The number of guanidine groups is 1. The molecule has 0 unspecified atom stereocenters. The highest BCUT2D eigenvalue weighted by Gasteiger charge is 2.28. The largest absolute Gasteiger partial charge is 0.379 e. The highest BCUT2D eigenvalue weighted by atomic mass is 32.2. The van der Waals surface area contributed by atoms with Crippen LogP contribution in [0.2, 0.25) is 0 Å². The molecule has 2 N–H and O–H groups in total. The Hall–Kier alpha value is -1.68. The second-order valence-electron chi connectivity index (χ2n) is 8.45. The summed E-state index contributed by atoms with van der Waals surface area (Å²) in [5, 5.41) is 6.71. The van der Waals surface area contributed by atoms with Crippen LogP contribution in [0.4, 0.5) is 0 Å². The van der Waals surface area contributed by atoms with Gasteiger partial charge in [-0.2, -0.15) is 4.31 Å². The molecule has 0 saturated carbocycles. The molecule has 0 bridgehead atoms. The number of nitrogens with one attached hydrogen (secondary N) is 2. The molecule has 9 heteroatoms. The van der Waals surface area contributed by atoms with E-state index in [1.165, 1.54) is 0 Å². The maximum absolute atomic E-state index is 12.6. The summed E-state index contributed by atoms with van der Waals surface area (Å²) in [5.41, 5.74) is 0.998. The van der Waals surface area contributed by atoms with E-state index in [2.05, 4.69) is 34.4 Å². The lowest BCUT2D eigenvalue weighted by atomic mass is 10.0. The lowest BCUT2D eigenvalue weighted by Gasteiger charge is -2.41. The standard InChI is InChI=1S/C21H35N5O3S/c1-21(2,25-12-14-29-15-13-25)17-24-20(22-3)23-16-18-6-8-19(9-7-18)30(27,28)26-10-4-5-11-26/h6-9H,4-5,10-17H2,1-3H3,(H2,22,23,24). The number of rotatable bonds is 7. The molecule has 168 valence electrons. The van der Waals surface area contributed by atoms with E-state index in [9.17, 15) is 8.42 Å². The first-order valence-corrected chi connectivity index (χ1v) is 12.1. The van der Waals surface area contributed by atoms with Crippen LogP contribution < -0.4 is 10.6 Å². The van der Waals surface area contributed by atoms with Gasteiger partial charge in [0, 0.05) is 51.9 Å². The van der Waals surface area contributed by atoms with Crippen LogP contribution in [-0.2, 0) is 21.3 Å². The lowest BCUT2D eigenvalue weighted by Crippen LogP contribution is -2.56. The van der Waals surface area contributed by atoms with Crippen molar-refractivity contribution in [2.24, 2.45) is 4.99 Å². The minimum Gasteiger partial charge on any atom is -0.379 e. The monoisotopic (exact) mass is 437 g/mol. The van der Waals surface area contributed by atoms with Crippen LogP contribution in [0.1, 0.15) is 32.3 Å². The SMILES string of the molecule is CN=C(NCc1ccc(S(=O)(=O)N2CCCC2)cc1)NCC(C)(C)N1CCOCC1. The van der Waals surface area contributed by atoms with E-state index in [0.717, 1.165) is 57.2 Å². The van der Waals surface area contributed by atoms with Crippen molar-refractivity contribution in [3.63, 3.8) is 0 Å². The van der Waals surface area contributed by atoms with Gasteiger partial charge in [0.1, 0.15) is 0 Å². The van der Waals surface area contributed by atoms with E-state index in [1.54, 1.807) is 23.5 Å². The second kappa shape index (κ2) is 10.1. The van der Waals surface area contributed by atoms with Crippen molar-refractivity contribution < 1.29 is 13.2 Å². The topological polar surface area (TPSA) is 86.3 Å². The maximum Gasteiger partial charge on any atom is 0.243 e. The first kappa shape index (κ1) is 23.0. The summed E-state index contributed by atoms with van der Waals surface area (Å²) >= 11 is 0. The van der Waals surface area contributed by atoms with Gasteiger partial charge in [0.2, 0.25) is 10.0 Å². The van der Waals surface area contributed by atoms with Gasteiger partial charge in [0.25, 0.3) is 0 Å². The summed E-state index contributed by atoms with van der Waals surface area (Å²) in [7, 11) is -1.61. The van der Waals surface area contributed by atoms with Crippen molar-refractivity contribution in [3.8, 4) is 0 Å². The van der Waals surface area contributed by atoms with Crippen molar-refractivity contribution in [1.82, 2.24) is 19.8 Å². The first-order valence-electron chi connectivity index (χ1n) is 10.7. The summed E-state index contributed by atoms with van der Waals surface area (Å²) in [5.74, 6) is 0.727. The van der Waals surface area contributed by atoms with Gasteiger partial charge in [-0.1, -0.05) is 12.1 Å². The van der Waals surface area contributed by atoms with Crippen molar-refractivity contribution >= 4 is 16.0 Å². The number of nitrogens with zero attached hydrogens (tertiary/aromatic N) is 3. The van der Waals surface area contributed by atoms with Gasteiger partial charge in [-0.3, -0.25) is 9.89 Å². The van der Waals surface area contributed by atoms with Gasteiger partial charge in [-0.05, 0) is 44.4 Å². The summed E-state index contributed by atoms with van der Waals surface area (Å²) in [6.07, 6.45) is 1.88. The molecule has 0 aromatic heterocycles. The molecule has 0 radical (unpaired) electrons. The van der Waals surface area contributed by atoms with Gasteiger partial charge in [0.05, 0.1) is 18.1 Å². The molecule has 1 aromatic carbocycles. The molecule has 2 aliphatic heterocycles. The molecule has 0 aliphatic carbocycles. The zero-order valence-corrected chi connectivity index (χ0v) is 19.2. The fraction of sp³-hybridized carbons (Fsp3) is 0.667. The Balaban J connectivity index is 1.51. The van der Waals surface area contributed by atoms with Crippen LogP contribution in [0, 0.1) is 0 Å². The smallest absolute Gasteiger partial charge is 0.243 e. The number of hydrogen-bond acceptors (Lipinski definition) is 5. The fourth-order valence-corrected chi connectivity index (χ4v) is 5.36. The molecule has 8 nitrogen and oxygen atoms in total. The first-order chi connectivity index (χ1) is 14.3. The number of aliphatic imine (C=N–C) groups is 1. The molecule has 0 atom stereocenters. The molecule has 0 amide bonds. The van der Waals surface area contributed by atoms with Gasteiger partial charge in [0.15, 0.2) is 5.96 Å². The van der Waals surface area contributed by atoms with E-state index < -0.39 is 10.0 Å². The van der Waals surface area contributed by atoms with Crippen molar-refractivity contribution in [2.75, 3.05) is 53.0 Å². The fourth-order valence-electron chi connectivity index (χ4n) is 3.84. The molecular formula is C21H35N5O3S. The van der Waals surface area contributed by atoms with E-state index in [1.807, 2.05) is 12.1 Å². The zero-order valence-electron chi connectivity index (χ0n) is 18.4. The van der Waals surface area contributed by atoms with E-state index in [-0.39, 0.29) is 5.54 Å². The lowest BCUT2D eigenvalue weighted by molar-refractivity contribution is -0.00834. The Morgan fingerprint density at radius 2 is 1.70 bits per heavy atom. The second-order valence-corrected chi connectivity index (χ2v) is 10.4. The quantitative estimate of drug-likeness (QED) is 0.493. The van der Waals surface area contributed by atoms with Gasteiger partial charge in [-0.25, -0.2) is 8.42 Å². The van der Waals surface area contributed by atoms with Crippen LogP contribution in [0.3, 0.4) is 0 Å². The number of ether oxygens (including phenoxy) is 1. The third kappa shape index (κ3) is 5.72. The molecule has 3 rings (SSSR count). The molecule has 2 saturated heterocycles. The number of morpholine rings is 1. The average Bonchev–Trinajstić information content (AvgIpc) is 3.31. The van der Waals surface area contributed by atoms with Crippen LogP contribution in [-0.4, -0.2) is 82.1 Å². The predicted molar refractivity (Wildman–Crippen MR) is 119 cm³/mol. The Kier molecular flexibility index (Phi) is 7.73. The Labute approximate surface area is 180 Å². The van der Waals surface area contributed by atoms with Gasteiger partial charge in [-0.15, -0.1) is 0 Å². The van der Waals surface area contributed by atoms with Crippen molar-refractivity contribution in [2.45, 2.75) is 43.7 Å². The molecule has 2 fully saturated rings. The number of benzene rings is 1. The Bertz CT molecular complexity index is 812. The minimum absolute atomic E-state index is 0.00696. The highest BCUT2D eigenvalue weighted by molar-refractivity contribution is 7.89. The Morgan fingerprint density at radius 3 is 2.30 bits per heavy atom. The number of hydrogen-bond donors (Lipinski definition) is 2. The molecule has 1 aromatic rings. The van der Waals surface area contributed by atoms with Crippen molar-refractivity contribution in [1.29, 1.82) is 0 Å². The van der Waals surface area contributed by atoms with Crippen LogP contribution in [0.25, 0.3) is 0 Å². The summed E-state index contributed by atoms with van der Waals surface area (Å²) in [6, 6.07) is 7.12. The highest BCUT2D eigenvalue weighted by Crippen LogP contribution is 2.21. The van der Waals surface area contributed by atoms with Crippen LogP contribution in [0.5, 0.6) is 0 Å². The summed E-state index contributed by atoms with van der Waals surface area (Å²) in [6.45, 7) is 10.4. The summed E-state index contributed by atoms with van der Waals surface area (Å²) in [4.78, 5) is 7.10. The van der Waals surface area contributed by atoms with E-state index >= 15 is 0 Å². The van der Waals surface area contributed by atoms with Crippen LogP contribution in [0.15, 0.2) is 34.2 Å². The maximum atomic E-state index is 12.6. The molecule has 0 spiro atoms. The third-order valence-corrected chi connectivity index (χ3v) is 7.78. The normalized spacial score (nSPS) is 19.8. The van der Waals surface area contributed by atoms with Crippen molar-refractivity contribution in [3.05, 3.63) is 29.8 Å². The van der Waals surface area contributed by atoms with Crippen LogP contribution >= 0.6 is 0 Å². The molecule has 30 heavy (non-hydrogen) atoms. The summed E-state index contributed by atoms with van der Waals surface area (Å²) < 4.78 is 32.3. The molecule has 2 aliphatic rings.